The maximum Gasteiger partial charge on any atom is 0.144 e. The van der Waals surface area contributed by atoms with Gasteiger partial charge in [-0.3, -0.25) is 0 Å². The zero-order valence-corrected chi connectivity index (χ0v) is 11.2. The minimum atomic E-state index is -0.0401. The third-order valence-electron chi connectivity index (χ3n) is 3.65. The zero-order chi connectivity index (χ0) is 12.6. The number of hydrogen-bond donors (Lipinski definition) is 1. The second-order valence-corrected chi connectivity index (χ2v) is 5.01. The van der Waals surface area contributed by atoms with Gasteiger partial charge in [-0.2, -0.15) is 0 Å². The van der Waals surface area contributed by atoms with Crippen molar-refractivity contribution < 1.29 is 9.47 Å². The van der Waals surface area contributed by atoms with Crippen LogP contribution in [0.1, 0.15) is 25.3 Å². The van der Waals surface area contributed by atoms with Gasteiger partial charge < -0.3 is 15.2 Å². The summed E-state index contributed by atoms with van der Waals surface area (Å²) in [7, 11) is 3.28. The highest BCUT2D eigenvalue weighted by molar-refractivity contribution is 6.32. The summed E-state index contributed by atoms with van der Waals surface area (Å²) in [5, 5.41) is 0.607. The molecular formula is C13H18ClNO2. The van der Waals surface area contributed by atoms with Gasteiger partial charge in [0.25, 0.3) is 0 Å². The molecule has 0 aromatic heterocycles. The normalized spacial score (nSPS) is 18.6. The molecule has 1 aromatic carbocycles. The van der Waals surface area contributed by atoms with Crippen LogP contribution in [0.4, 0.5) is 0 Å². The third-order valence-corrected chi connectivity index (χ3v) is 3.95. The van der Waals surface area contributed by atoms with Crippen LogP contribution in [0.5, 0.6) is 11.5 Å². The van der Waals surface area contributed by atoms with Gasteiger partial charge in [-0.1, -0.05) is 11.6 Å². The van der Waals surface area contributed by atoms with Crippen molar-refractivity contribution >= 4 is 11.6 Å². The molecule has 94 valence electrons. The van der Waals surface area contributed by atoms with Crippen LogP contribution in [0.25, 0.3) is 0 Å². The Kier molecular flexibility index (Phi) is 3.23. The SMILES string of the molecule is COc1ccc(Cl)c(OC)c1C1(C(C)N)CC1. The zero-order valence-electron chi connectivity index (χ0n) is 10.4. The quantitative estimate of drug-likeness (QED) is 0.900. The lowest BCUT2D eigenvalue weighted by molar-refractivity contribution is 0.369. The molecule has 0 saturated heterocycles. The van der Waals surface area contributed by atoms with Gasteiger partial charge in [-0.25, -0.2) is 0 Å². The summed E-state index contributed by atoms with van der Waals surface area (Å²) in [4.78, 5) is 0. The molecule has 0 amide bonds. The van der Waals surface area contributed by atoms with Crippen molar-refractivity contribution in [2.45, 2.75) is 31.2 Å². The van der Waals surface area contributed by atoms with Crippen LogP contribution >= 0.6 is 11.6 Å². The molecule has 17 heavy (non-hydrogen) atoms. The maximum atomic E-state index is 6.18. The first-order valence-electron chi connectivity index (χ1n) is 5.73. The van der Waals surface area contributed by atoms with Crippen molar-refractivity contribution in [1.82, 2.24) is 0 Å². The predicted molar refractivity (Wildman–Crippen MR) is 69.1 cm³/mol. The lowest BCUT2D eigenvalue weighted by Gasteiger charge is -2.25. The molecule has 0 spiro atoms. The van der Waals surface area contributed by atoms with E-state index in [1.165, 1.54) is 0 Å². The minimum absolute atomic E-state index is 0.0401. The molecule has 4 heteroatoms. The first-order valence-corrected chi connectivity index (χ1v) is 6.11. The first kappa shape index (κ1) is 12.5. The highest BCUT2D eigenvalue weighted by atomic mass is 35.5. The highest BCUT2D eigenvalue weighted by Crippen LogP contribution is 2.57. The van der Waals surface area contributed by atoms with E-state index in [1.54, 1.807) is 20.3 Å². The molecule has 1 atom stereocenters. The fourth-order valence-corrected chi connectivity index (χ4v) is 2.68. The summed E-state index contributed by atoms with van der Waals surface area (Å²) >= 11 is 6.18. The molecule has 2 N–H and O–H groups in total. The Morgan fingerprint density at radius 1 is 1.29 bits per heavy atom. The average molecular weight is 256 g/mol. The summed E-state index contributed by atoms with van der Waals surface area (Å²) in [6.45, 7) is 2.02. The highest BCUT2D eigenvalue weighted by Gasteiger charge is 2.51. The number of rotatable bonds is 4. The molecule has 0 aliphatic heterocycles. The summed E-state index contributed by atoms with van der Waals surface area (Å²) in [6.07, 6.45) is 2.11. The Labute approximate surface area is 107 Å². The van der Waals surface area contributed by atoms with E-state index in [-0.39, 0.29) is 11.5 Å². The molecule has 1 aliphatic rings. The Balaban J connectivity index is 2.61. The number of nitrogens with two attached hydrogens (primary N) is 1. The van der Waals surface area contributed by atoms with E-state index in [2.05, 4.69) is 0 Å². The van der Waals surface area contributed by atoms with Crippen molar-refractivity contribution in [2.24, 2.45) is 5.73 Å². The number of benzene rings is 1. The largest absolute Gasteiger partial charge is 0.496 e. The van der Waals surface area contributed by atoms with Crippen LogP contribution in [0, 0.1) is 0 Å². The van der Waals surface area contributed by atoms with Crippen LogP contribution in [-0.2, 0) is 5.41 Å². The van der Waals surface area contributed by atoms with Gasteiger partial charge in [0.2, 0.25) is 0 Å². The molecule has 2 rings (SSSR count). The van der Waals surface area contributed by atoms with Gasteiger partial charge in [0, 0.05) is 17.0 Å². The smallest absolute Gasteiger partial charge is 0.144 e. The van der Waals surface area contributed by atoms with Gasteiger partial charge in [-0.05, 0) is 31.9 Å². The number of hydrogen-bond acceptors (Lipinski definition) is 3. The van der Waals surface area contributed by atoms with Crippen LogP contribution in [0.3, 0.4) is 0 Å². The van der Waals surface area contributed by atoms with Gasteiger partial charge >= 0.3 is 0 Å². The molecule has 0 heterocycles. The van der Waals surface area contributed by atoms with E-state index < -0.39 is 0 Å². The third kappa shape index (κ3) is 1.87. The average Bonchev–Trinajstić information content (AvgIpc) is 3.09. The standard InChI is InChI=1S/C13H18ClNO2/c1-8(15)13(6-7-13)11-10(16-2)5-4-9(14)12(11)17-3/h4-5,8H,6-7,15H2,1-3H3. The minimum Gasteiger partial charge on any atom is -0.496 e. The predicted octanol–water partition coefficient (Wildman–Crippen LogP) is 2.74. The van der Waals surface area contributed by atoms with E-state index in [9.17, 15) is 0 Å². The Bertz CT molecular complexity index is 428. The number of methoxy groups -OCH3 is 2. The molecular weight excluding hydrogens is 238 g/mol. The molecule has 3 nitrogen and oxygen atoms in total. The van der Waals surface area contributed by atoms with Gasteiger partial charge in [0.05, 0.1) is 19.2 Å². The monoisotopic (exact) mass is 255 g/mol. The van der Waals surface area contributed by atoms with Gasteiger partial charge in [0.15, 0.2) is 0 Å². The van der Waals surface area contributed by atoms with Crippen molar-refractivity contribution in [3.63, 3.8) is 0 Å². The van der Waals surface area contributed by atoms with Crippen molar-refractivity contribution in [3.8, 4) is 11.5 Å². The maximum absolute atomic E-state index is 6.18. The Morgan fingerprint density at radius 2 is 1.94 bits per heavy atom. The van der Waals surface area contributed by atoms with E-state index >= 15 is 0 Å². The first-order chi connectivity index (χ1) is 8.06. The lowest BCUT2D eigenvalue weighted by Crippen LogP contribution is -2.32. The Morgan fingerprint density at radius 3 is 2.35 bits per heavy atom. The molecule has 1 aromatic rings. The van der Waals surface area contributed by atoms with Crippen molar-refractivity contribution in [1.29, 1.82) is 0 Å². The second kappa shape index (κ2) is 4.39. The molecule has 1 aliphatic carbocycles. The summed E-state index contributed by atoms with van der Waals surface area (Å²) in [5.41, 5.74) is 7.09. The molecule has 1 fully saturated rings. The summed E-state index contributed by atoms with van der Waals surface area (Å²) in [6, 6.07) is 3.73. The number of halogens is 1. The topological polar surface area (TPSA) is 44.5 Å². The molecule has 1 unspecified atom stereocenters. The molecule has 1 saturated carbocycles. The van der Waals surface area contributed by atoms with E-state index in [0.717, 1.165) is 24.2 Å². The van der Waals surface area contributed by atoms with E-state index in [0.29, 0.717) is 10.8 Å². The van der Waals surface area contributed by atoms with Crippen molar-refractivity contribution in [3.05, 3.63) is 22.7 Å². The van der Waals surface area contributed by atoms with Crippen LogP contribution in [0.15, 0.2) is 12.1 Å². The van der Waals surface area contributed by atoms with Crippen LogP contribution in [0.2, 0.25) is 5.02 Å². The van der Waals surface area contributed by atoms with E-state index in [1.807, 2.05) is 13.0 Å². The van der Waals surface area contributed by atoms with Crippen LogP contribution in [-0.4, -0.2) is 20.3 Å². The summed E-state index contributed by atoms with van der Waals surface area (Å²) in [5.74, 6) is 1.50. The Hall–Kier alpha value is -0.930. The molecule has 0 radical (unpaired) electrons. The van der Waals surface area contributed by atoms with Crippen molar-refractivity contribution in [2.75, 3.05) is 14.2 Å². The van der Waals surface area contributed by atoms with Gasteiger partial charge in [-0.15, -0.1) is 0 Å². The second-order valence-electron chi connectivity index (χ2n) is 4.60. The molecule has 0 bridgehead atoms. The number of ether oxygens (including phenoxy) is 2. The summed E-state index contributed by atoms with van der Waals surface area (Å²) < 4.78 is 10.9. The van der Waals surface area contributed by atoms with E-state index in [4.69, 9.17) is 26.8 Å². The fraction of sp³-hybridized carbons (Fsp3) is 0.538. The fourth-order valence-electron chi connectivity index (χ4n) is 2.45. The lowest BCUT2D eigenvalue weighted by atomic mass is 9.88. The van der Waals surface area contributed by atoms with Crippen LogP contribution < -0.4 is 15.2 Å². The van der Waals surface area contributed by atoms with Gasteiger partial charge in [0.1, 0.15) is 11.5 Å².